The highest BCUT2D eigenvalue weighted by Gasteiger charge is 2.34. The highest BCUT2D eigenvalue weighted by atomic mass is 16.5. The molecular formula is C31H20N2O4. The summed E-state index contributed by atoms with van der Waals surface area (Å²) in [6.07, 6.45) is 0. The zero-order valence-corrected chi connectivity index (χ0v) is 19.8. The summed E-state index contributed by atoms with van der Waals surface area (Å²) in [5.74, 6) is 0.559. The zero-order valence-electron chi connectivity index (χ0n) is 19.8. The maximum Gasteiger partial charge on any atom is 0.347 e. The molecule has 1 atom stereocenters. The number of aromatic nitrogens is 2. The van der Waals surface area contributed by atoms with Crippen LogP contribution >= 0.6 is 0 Å². The Kier molecular flexibility index (Phi) is 4.63. The molecule has 0 saturated heterocycles. The Morgan fingerprint density at radius 2 is 1.59 bits per heavy atom. The van der Waals surface area contributed by atoms with Crippen LogP contribution in [0, 0.1) is 6.92 Å². The molecule has 4 aromatic carbocycles. The molecule has 0 spiro atoms. The molecule has 1 unspecified atom stereocenters. The molecular weight excluding hydrogens is 464 g/mol. The summed E-state index contributed by atoms with van der Waals surface area (Å²) in [4.78, 5) is 34.0. The van der Waals surface area contributed by atoms with E-state index in [2.05, 4.69) is 9.97 Å². The zero-order chi connectivity index (χ0) is 25.1. The van der Waals surface area contributed by atoms with Gasteiger partial charge in [-0.15, -0.1) is 0 Å². The maximum atomic E-state index is 13.6. The van der Waals surface area contributed by atoms with Crippen LogP contribution in [0.4, 0.5) is 0 Å². The van der Waals surface area contributed by atoms with Crippen LogP contribution in [0.25, 0.3) is 33.1 Å². The van der Waals surface area contributed by atoms with Crippen LogP contribution in [0.3, 0.4) is 0 Å². The normalized spacial score (nSPS) is 14.2. The highest BCUT2D eigenvalue weighted by molar-refractivity contribution is 5.91. The molecule has 37 heavy (non-hydrogen) atoms. The van der Waals surface area contributed by atoms with Gasteiger partial charge in [0.05, 0.1) is 5.56 Å². The average Bonchev–Trinajstić information content (AvgIpc) is 2.92. The molecule has 0 fully saturated rings. The minimum atomic E-state index is -0.585. The number of aromatic amines is 1. The second-order valence-electron chi connectivity index (χ2n) is 9.27. The topological polar surface area (TPSA) is 85.2 Å². The lowest BCUT2D eigenvalue weighted by Gasteiger charge is -2.28. The van der Waals surface area contributed by atoms with Crippen LogP contribution in [0.15, 0.2) is 105 Å². The molecule has 6 nitrogen and oxygen atoms in total. The second kappa shape index (κ2) is 8.03. The van der Waals surface area contributed by atoms with Gasteiger partial charge in [0, 0.05) is 22.3 Å². The quantitative estimate of drug-likeness (QED) is 0.292. The van der Waals surface area contributed by atoms with Crippen molar-refractivity contribution in [1.29, 1.82) is 0 Å². The van der Waals surface area contributed by atoms with Gasteiger partial charge in [-0.3, -0.25) is 4.79 Å². The van der Waals surface area contributed by atoms with E-state index in [1.807, 2.05) is 79.7 Å². The van der Waals surface area contributed by atoms with E-state index in [1.54, 1.807) is 18.2 Å². The molecule has 3 heterocycles. The van der Waals surface area contributed by atoms with E-state index in [0.29, 0.717) is 16.9 Å². The van der Waals surface area contributed by atoms with Crippen molar-refractivity contribution in [1.82, 2.24) is 9.97 Å². The smallest absolute Gasteiger partial charge is 0.347 e. The number of hydrogen-bond donors (Lipinski definition) is 1. The fraction of sp³-hybridized carbons (Fsp3) is 0.0645. The molecule has 0 saturated carbocycles. The number of para-hydroxylation sites is 1. The van der Waals surface area contributed by atoms with E-state index >= 15 is 0 Å². The lowest BCUT2D eigenvalue weighted by atomic mass is 9.82. The van der Waals surface area contributed by atoms with E-state index in [-0.39, 0.29) is 28.7 Å². The number of rotatable bonds is 2. The number of H-pyrrole nitrogens is 1. The summed E-state index contributed by atoms with van der Waals surface area (Å²) in [5, 5.41) is 2.68. The lowest BCUT2D eigenvalue weighted by molar-refractivity contribution is 0.436. The Balaban J connectivity index is 1.49. The Labute approximate surface area is 210 Å². The minimum Gasteiger partial charge on any atom is -0.437 e. The number of aryl methyl sites for hydroxylation is 1. The molecule has 1 aliphatic heterocycles. The van der Waals surface area contributed by atoms with Crippen LogP contribution in [0.1, 0.15) is 28.2 Å². The molecule has 0 radical (unpaired) electrons. The Morgan fingerprint density at radius 1 is 0.838 bits per heavy atom. The summed E-state index contributed by atoms with van der Waals surface area (Å²) in [6, 6.07) is 29.0. The van der Waals surface area contributed by atoms with E-state index < -0.39 is 5.63 Å². The van der Waals surface area contributed by atoms with E-state index in [9.17, 15) is 9.59 Å². The van der Waals surface area contributed by atoms with Gasteiger partial charge < -0.3 is 14.1 Å². The summed E-state index contributed by atoms with van der Waals surface area (Å²) in [6.45, 7) is 2.03. The Morgan fingerprint density at radius 3 is 2.43 bits per heavy atom. The van der Waals surface area contributed by atoms with Gasteiger partial charge in [0.2, 0.25) is 5.88 Å². The van der Waals surface area contributed by atoms with E-state index in [1.165, 1.54) is 0 Å². The van der Waals surface area contributed by atoms with Gasteiger partial charge in [-0.05, 0) is 30.0 Å². The molecule has 0 amide bonds. The molecule has 0 bridgehead atoms. The fourth-order valence-corrected chi connectivity index (χ4v) is 5.11. The maximum absolute atomic E-state index is 13.6. The summed E-state index contributed by atoms with van der Waals surface area (Å²) in [7, 11) is 0. The first kappa shape index (κ1) is 21.3. The van der Waals surface area contributed by atoms with E-state index in [4.69, 9.17) is 9.15 Å². The van der Waals surface area contributed by atoms with Gasteiger partial charge in [0.25, 0.3) is 5.56 Å². The molecule has 1 N–H and O–H groups in total. The SMILES string of the molecule is Cc1ccc(C2c3ccc4ccccc4c3Oc3nc(-c4cc5ccccc5oc4=O)[nH]c(=O)c32)cc1. The molecule has 2 aromatic heterocycles. The molecule has 6 heteroatoms. The number of fused-ring (bicyclic) bond motifs is 5. The highest BCUT2D eigenvalue weighted by Crippen LogP contribution is 2.48. The van der Waals surface area contributed by atoms with Gasteiger partial charge in [-0.2, -0.15) is 4.98 Å². The van der Waals surface area contributed by atoms with Gasteiger partial charge in [-0.25, -0.2) is 4.79 Å². The van der Waals surface area contributed by atoms with E-state index in [0.717, 1.165) is 32.8 Å². The summed E-state index contributed by atoms with van der Waals surface area (Å²) in [5.41, 5.74) is 3.05. The third-order valence-electron chi connectivity index (χ3n) is 6.94. The van der Waals surface area contributed by atoms with Gasteiger partial charge in [0.15, 0.2) is 5.82 Å². The van der Waals surface area contributed by atoms with Crippen molar-refractivity contribution in [2.24, 2.45) is 0 Å². The fourth-order valence-electron chi connectivity index (χ4n) is 5.11. The minimum absolute atomic E-state index is 0.106. The standard InChI is InChI=1S/C31H20N2O4/c1-17-10-12-19(13-11-17)25-22-15-14-18-6-2-4-8-21(18)27(22)37-30-26(25)29(34)32-28(33-30)23-16-20-7-3-5-9-24(20)36-31(23)35/h2-16,25H,1H3,(H,32,33,34). The number of benzene rings is 4. The third-order valence-corrected chi connectivity index (χ3v) is 6.94. The van der Waals surface area contributed by atoms with Crippen molar-refractivity contribution in [3.63, 3.8) is 0 Å². The number of ether oxygens (including phenoxy) is 1. The van der Waals surface area contributed by atoms with Crippen molar-refractivity contribution in [3.05, 3.63) is 134 Å². The number of hydrogen-bond acceptors (Lipinski definition) is 5. The summed E-state index contributed by atoms with van der Waals surface area (Å²) >= 11 is 0. The van der Waals surface area contributed by atoms with Crippen molar-refractivity contribution in [3.8, 4) is 23.0 Å². The van der Waals surface area contributed by atoms with Crippen LogP contribution in [-0.4, -0.2) is 9.97 Å². The van der Waals surface area contributed by atoms with Crippen LogP contribution in [0.2, 0.25) is 0 Å². The van der Waals surface area contributed by atoms with Crippen molar-refractivity contribution in [2.45, 2.75) is 12.8 Å². The Bertz CT molecular complexity index is 1970. The van der Waals surface area contributed by atoms with Crippen LogP contribution in [-0.2, 0) is 0 Å². The molecule has 7 rings (SSSR count). The van der Waals surface area contributed by atoms with Gasteiger partial charge in [0.1, 0.15) is 16.9 Å². The van der Waals surface area contributed by atoms with Crippen molar-refractivity contribution >= 4 is 21.7 Å². The predicted molar refractivity (Wildman–Crippen MR) is 142 cm³/mol. The van der Waals surface area contributed by atoms with Gasteiger partial charge >= 0.3 is 5.63 Å². The predicted octanol–water partition coefficient (Wildman–Crippen LogP) is 6.29. The number of nitrogens with one attached hydrogen (secondary N) is 1. The second-order valence-corrected chi connectivity index (χ2v) is 9.27. The first-order chi connectivity index (χ1) is 18.1. The first-order valence-corrected chi connectivity index (χ1v) is 12.0. The van der Waals surface area contributed by atoms with Gasteiger partial charge in [-0.1, -0.05) is 84.4 Å². The molecule has 1 aliphatic rings. The molecule has 0 aliphatic carbocycles. The molecule has 178 valence electrons. The van der Waals surface area contributed by atoms with Crippen molar-refractivity contribution in [2.75, 3.05) is 0 Å². The first-order valence-electron chi connectivity index (χ1n) is 12.0. The lowest BCUT2D eigenvalue weighted by Crippen LogP contribution is -2.25. The van der Waals surface area contributed by atoms with Crippen LogP contribution in [0.5, 0.6) is 11.6 Å². The average molecular weight is 485 g/mol. The largest absolute Gasteiger partial charge is 0.437 e. The number of nitrogens with zero attached hydrogens (tertiary/aromatic N) is 1. The third kappa shape index (κ3) is 3.37. The van der Waals surface area contributed by atoms with Crippen LogP contribution < -0.4 is 15.9 Å². The summed E-state index contributed by atoms with van der Waals surface area (Å²) < 4.78 is 11.9. The Hall–Kier alpha value is -4.97. The van der Waals surface area contributed by atoms with Crippen molar-refractivity contribution < 1.29 is 9.15 Å². The monoisotopic (exact) mass is 484 g/mol. The molecule has 6 aromatic rings.